The Labute approximate surface area is 90.8 Å². The summed E-state index contributed by atoms with van der Waals surface area (Å²) in [6.45, 7) is 2.53. The van der Waals surface area contributed by atoms with E-state index in [1.54, 1.807) is 0 Å². The van der Waals surface area contributed by atoms with Crippen molar-refractivity contribution in [1.82, 2.24) is 0 Å². The lowest BCUT2D eigenvalue weighted by Crippen LogP contribution is -1.96. The normalized spacial score (nSPS) is 10.8. The van der Waals surface area contributed by atoms with E-state index in [-0.39, 0.29) is 5.78 Å². The van der Waals surface area contributed by atoms with Crippen molar-refractivity contribution in [3.05, 3.63) is 41.5 Å². The van der Waals surface area contributed by atoms with E-state index in [0.29, 0.717) is 13.0 Å². The Kier molecular flexibility index (Phi) is 4.78. The third-order valence-electron chi connectivity index (χ3n) is 2.17. The first-order valence-corrected chi connectivity index (χ1v) is 5.27. The lowest BCUT2D eigenvalue weighted by atomic mass is 10.1. The summed E-state index contributed by atoms with van der Waals surface area (Å²) in [4.78, 5) is 11.5. The summed E-state index contributed by atoms with van der Waals surface area (Å²) >= 11 is 0. The standard InChI is InChI=1S/C13H17NO/c1-2-13(15)12-8-5-7-11(10-12)6-3-4-9-14/h3,5-8,10H,2,4,9,14H2,1H3. The van der Waals surface area contributed by atoms with E-state index in [1.165, 1.54) is 0 Å². The van der Waals surface area contributed by atoms with Crippen molar-refractivity contribution in [2.24, 2.45) is 5.73 Å². The summed E-state index contributed by atoms with van der Waals surface area (Å²) in [5.41, 5.74) is 7.23. The van der Waals surface area contributed by atoms with Crippen molar-refractivity contribution in [3.63, 3.8) is 0 Å². The third kappa shape index (κ3) is 3.68. The monoisotopic (exact) mass is 203 g/mol. The molecule has 1 aromatic rings. The summed E-state index contributed by atoms with van der Waals surface area (Å²) < 4.78 is 0. The number of hydrogen-bond donors (Lipinski definition) is 1. The van der Waals surface area contributed by atoms with Gasteiger partial charge in [-0.25, -0.2) is 0 Å². The maximum Gasteiger partial charge on any atom is 0.162 e. The molecule has 2 heteroatoms. The highest BCUT2D eigenvalue weighted by Gasteiger charge is 2.01. The lowest BCUT2D eigenvalue weighted by molar-refractivity contribution is 0.0988. The molecular weight excluding hydrogens is 186 g/mol. The van der Waals surface area contributed by atoms with Crippen LogP contribution in [0.3, 0.4) is 0 Å². The summed E-state index contributed by atoms with van der Waals surface area (Å²) in [6, 6.07) is 7.66. The van der Waals surface area contributed by atoms with E-state index >= 15 is 0 Å². The van der Waals surface area contributed by atoms with Gasteiger partial charge in [0.25, 0.3) is 0 Å². The molecule has 0 aliphatic rings. The van der Waals surface area contributed by atoms with Gasteiger partial charge in [0.1, 0.15) is 0 Å². The van der Waals surface area contributed by atoms with Gasteiger partial charge in [0.2, 0.25) is 0 Å². The number of ketones is 1. The van der Waals surface area contributed by atoms with Crippen molar-refractivity contribution in [2.45, 2.75) is 19.8 Å². The lowest BCUT2D eigenvalue weighted by Gasteiger charge is -1.99. The van der Waals surface area contributed by atoms with Crippen molar-refractivity contribution >= 4 is 11.9 Å². The Balaban J connectivity index is 2.78. The van der Waals surface area contributed by atoms with Crippen LogP contribution in [-0.4, -0.2) is 12.3 Å². The maximum absolute atomic E-state index is 11.5. The predicted octanol–water partition coefficient (Wildman–Crippen LogP) is 2.64. The van der Waals surface area contributed by atoms with Crippen molar-refractivity contribution in [1.29, 1.82) is 0 Å². The minimum absolute atomic E-state index is 0.184. The van der Waals surface area contributed by atoms with E-state index in [4.69, 9.17) is 5.73 Å². The van der Waals surface area contributed by atoms with Gasteiger partial charge in [-0.15, -0.1) is 0 Å². The molecule has 0 atom stereocenters. The highest BCUT2D eigenvalue weighted by molar-refractivity contribution is 5.96. The highest BCUT2D eigenvalue weighted by Crippen LogP contribution is 2.09. The van der Waals surface area contributed by atoms with Crippen LogP contribution in [0, 0.1) is 0 Å². The van der Waals surface area contributed by atoms with Gasteiger partial charge in [0.05, 0.1) is 0 Å². The van der Waals surface area contributed by atoms with E-state index in [0.717, 1.165) is 17.5 Å². The molecule has 0 spiro atoms. The number of Topliss-reactive ketones (excluding diaryl/α,β-unsaturated/α-hetero) is 1. The number of carbonyl (C=O) groups excluding carboxylic acids is 1. The molecule has 0 aliphatic heterocycles. The topological polar surface area (TPSA) is 43.1 Å². The van der Waals surface area contributed by atoms with Gasteiger partial charge >= 0.3 is 0 Å². The molecule has 0 aromatic heterocycles. The molecule has 0 aliphatic carbocycles. The molecule has 0 unspecified atom stereocenters. The first-order valence-electron chi connectivity index (χ1n) is 5.27. The van der Waals surface area contributed by atoms with Crippen LogP contribution in [0.5, 0.6) is 0 Å². The molecule has 1 aromatic carbocycles. The molecule has 0 radical (unpaired) electrons. The molecule has 0 saturated heterocycles. The van der Waals surface area contributed by atoms with Crippen LogP contribution in [0.4, 0.5) is 0 Å². The van der Waals surface area contributed by atoms with Gasteiger partial charge in [-0.2, -0.15) is 0 Å². The second-order valence-electron chi connectivity index (χ2n) is 3.38. The van der Waals surface area contributed by atoms with Crippen molar-refractivity contribution in [3.8, 4) is 0 Å². The van der Waals surface area contributed by atoms with E-state index in [1.807, 2.05) is 43.3 Å². The molecule has 2 nitrogen and oxygen atoms in total. The number of carbonyl (C=O) groups is 1. The second-order valence-corrected chi connectivity index (χ2v) is 3.38. The SMILES string of the molecule is CCC(=O)c1cccc(C=CCCN)c1. The molecule has 2 N–H and O–H groups in total. The van der Waals surface area contributed by atoms with Crippen molar-refractivity contribution < 1.29 is 4.79 Å². The number of nitrogens with two attached hydrogens (primary N) is 1. The van der Waals surface area contributed by atoms with Crippen LogP contribution in [0.25, 0.3) is 6.08 Å². The minimum Gasteiger partial charge on any atom is -0.330 e. The van der Waals surface area contributed by atoms with Gasteiger partial charge in [-0.1, -0.05) is 37.3 Å². The Morgan fingerprint density at radius 1 is 1.47 bits per heavy atom. The van der Waals surface area contributed by atoms with Gasteiger partial charge in [0.15, 0.2) is 5.78 Å². The first-order chi connectivity index (χ1) is 7.27. The molecule has 1 rings (SSSR count). The van der Waals surface area contributed by atoms with Gasteiger partial charge < -0.3 is 5.73 Å². The van der Waals surface area contributed by atoms with Crippen LogP contribution in [-0.2, 0) is 0 Å². The number of rotatable bonds is 5. The van der Waals surface area contributed by atoms with E-state index < -0.39 is 0 Å². The Morgan fingerprint density at radius 3 is 2.93 bits per heavy atom. The summed E-state index contributed by atoms with van der Waals surface area (Å²) in [7, 11) is 0. The quantitative estimate of drug-likeness (QED) is 0.747. The zero-order valence-electron chi connectivity index (χ0n) is 9.07. The first kappa shape index (κ1) is 11.7. The average molecular weight is 203 g/mol. The van der Waals surface area contributed by atoms with Crippen LogP contribution >= 0.6 is 0 Å². The van der Waals surface area contributed by atoms with E-state index in [9.17, 15) is 4.79 Å². The van der Waals surface area contributed by atoms with Gasteiger partial charge in [-0.05, 0) is 24.6 Å². The average Bonchev–Trinajstić information content (AvgIpc) is 2.29. The molecular formula is C13H17NO. The summed E-state index contributed by atoms with van der Waals surface area (Å²) in [5, 5.41) is 0. The molecule has 0 amide bonds. The van der Waals surface area contributed by atoms with Crippen LogP contribution < -0.4 is 5.73 Å². The largest absolute Gasteiger partial charge is 0.330 e. The Bertz CT molecular complexity index is 355. The predicted molar refractivity (Wildman–Crippen MR) is 63.8 cm³/mol. The number of benzene rings is 1. The fourth-order valence-corrected chi connectivity index (χ4v) is 1.34. The maximum atomic E-state index is 11.5. The fourth-order valence-electron chi connectivity index (χ4n) is 1.34. The fraction of sp³-hybridized carbons (Fsp3) is 0.308. The summed E-state index contributed by atoms with van der Waals surface area (Å²) in [6.07, 6.45) is 5.44. The molecule has 0 fully saturated rings. The second kappa shape index (κ2) is 6.14. The Morgan fingerprint density at radius 2 is 2.27 bits per heavy atom. The minimum atomic E-state index is 0.184. The Hall–Kier alpha value is -1.41. The molecule has 0 heterocycles. The zero-order chi connectivity index (χ0) is 11.1. The van der Waals surface area contributed by atoms with Gasteiger partial charge in [0, 0.05) is 12.0 Å². The number of hydrogen-bond acceptors (Lipinski definition) is 2. The van der Waals surface area contributed by atoms with Crippen LogP contribution in [0.2, 0.25) is 0 Å². The molecule has 80 valence electrons. The highest BCUT2D eigenvalue weighted by atomic mass is 16.1. The van der Waals surface area contributed by atoms with Crippen molar-refractivity contribution in [2.75, 3.05) is 6.54 Å². The molecule has 0 bridgehead atoms. The third-order valence-corrected chi connectivity index (χ3v) is 2.17. The van der Waals surface area contributed by atoms with Crippen LogP contribution in [0.15, 0.2) is 30.3 Å². The molecule has 15 heavy (non-hydrogen) atoms. The summed E-state index contributed by atoms with van der Waals surface area (Å²) in [5.74, 6) is 0.184. The molecule has 0 saturated carbocycles. The smallest absolute Gasteiger partial charge is 0.162 e. The van der Waals surface area contributed by atoms with Gasteiger partial charge in [-0.3, -0.25) is 4.79 Å². The zero-order valence-corrected chi connectivity index (χ0v) is 9.07. The van der Waals surface area contributed by atoms with Crippen LogP contribution in [0.1, 0.15) is 35.7 Å². The van der Waals surface area contributed by atoms with E-state index in [2.05, 4.69) is 0 Å².